The molecule has 0 aromatic heterocycles. The van der Waals surface area contributed by atoms with Gasteiger partial charge < -0.3 is 9.84 Å². The zero-order valence-corrected chi connectivity index (χ0v) is 7.32. The number of aliphatic hydroxyl groups excluding tert-OH is 1. The molecule has 3 heteroatoms. The van der Waals surface area contributed by atoms with Crippen molar-refractivity contribution in [2.75, 3.05) is 13.2 Å². The number of cyclic esters (lactones) is 1. The van der Waals surface area contributed by atoms with E-state index >= 15 is 0 Å². The molecule has 0 saturated carbocycles. The third kappa shape index (κ3) is 1.40. The van der Waals surface area contributed by atoms with Crippen LogP contribution in [-0.4, -0.2) is 24.3 Å². The van der Waals surface area contributed by atoms with Crippen LogP contribution >= 0.6 is 0 Å². The topological polar surface area (TPSA) is 46.5 Å². The number of carbonyl (C=O) groups excluding carboxylic acids is 1. The van der Waals surface area contributed by atoms with Gasteiger partial charge in [0.1, 0.15) is 0 Å². The lowest BCUT2D eigenvalue weighted by atomic mass is 9.85. The van der Waals surface area contributed by atoms with E-state index in [0.29, 0.717) is 12.2 Å². The average Bonchev–Trinajstić information content (AvgIpc) is 2.18. The summed E-state index contributed by atoms with van der Waals surface area (Å²) in [6.45, 7) is 0.582. The quantitative estimate of drug-likeness (QED) is 0.607. The van der Waals surface area contributed by atoms with Gasteiger partial charge in [-0.3, -0.25) is 0 Å². The van der Waals surface area contributed by atoms with Crippen LogP contribution in [-0.2, 0) is 9.53 Å². The first-order chi connectivity index (χ1) is 6.33. The summed E-state index contributed by atoms with van der Waals surface area (Å²) < 4.78 is 4.91. The van der Waals surface area contributed by atoms with Crippen LogP contribution in [0.5, 0.6) is 0 Å². The molecule has 1 unspecified atom stereocenters. The lowest BCUT2D eigenvalue weighted by Crippen LogP contribution is -2.24. The molecule has 0 fully saturated rings. The SMILES string of the molecule is O=C1OCCC2=C1C=CCC2CO. The summed E-state index contributed by atoms with van der Waals surface area (Å²) in [6, 6.07) is 0. The van der Waals surface area contributed by atoms with Crippen molar-refractivity contribution < 1.29 is 14.6 Å². The Morgan fingerprint density at radius 1 is 1.62 bits per heavy atom. The second kappa shape index (κ2) is 3.34. The summed E-state index contributed by atoms with van der Waals surface area (Å²) in [7, 11) is 0. The highest BCUT2D eigenvalue weighted by Gasteiger charge is 2.27. The van der Waals surface area contributed by atoms with Gasteiger partial charge in [0.05, 0.1) is 12.2 Å². The molecule has 0 bridgehead atoms. The number of aliphatic hydroxyl groups is 1. The Labute approximate surface area is 76.7 Å². The molecule has 0 aromatic rings. The van der Waals surface area contributed by atoms with Crippen LogP contribution in [0.25, 0.3) is 0 Å². The predicted molar refractivity (Wildman–Crippen MR) is 46.9 cm³/mol. The summed E-state index contributed by atoms with van der Waals surface area (Å²) in [5.74, 6) is -0.108. The molecule has 1 heterocycles. The molecular formula is C10H12O3. The Bertz CT molecular complexity index is 289. The van der Waals surface area contributed by atoms with Gasteiger partial charge >= 0.3 is 5.97 Å². The van der Waals surface area contributed by atoms with Crippen LogP contribution in [0.15, 0.2) is 23.3 Å². The fourth-order valence-corrected chi connectivity index (χ4v) is 1.87. The lowest BCUT2D eigenvalue weighted by Gasteiger charge is -2.26. The van der Waals surface area contributed by atoms with E-state index in [-0.39, 0.29) is 18.5 Å². The van der Waals surface area contributed by atoms with E-state index in [4.69, 9.17) is 9.84 Å². The summed E-state index contributed by atoms with van der Waals surface area (Å²) in [6.07, 6.45) is 5.34. The molecule has 70 valence electrons. The van der Waals surface area contributed by atoms with Gasteiger partial charge in [0, 0.05) is 18.9 Å². The largest absolute Gasteiger partial charge is 0.462 e. The van der Waals surface area contributed by atoms with Gasteiger partial charge in [-0.05, 0) is 12.0 Å². The highest BCUT2D eigenvalue weighted by atomic mass is 16.5. The number of hydrogen-bond donors (Lipinski definition) is 1. The van der Waals surface area contributed by atoms with Crippen molar-refractivity contribution in [3.63, 3.8) is 0 Å². The maximum absolute atomic E-state index is 11.3. The summed E-state index contributed by atoms with van der Waals surface area (Å²) in [5, 5.41) is 9.10. The Morgan fingerprint density at radius 2 is 2.46 bits per heavy atom. The van der Waals surface area contributed by atoms with Crippen molar-refractivity contribution in [1.82, 2.24) is 0 Å². The van der Waals surface area contributed by atoms with Crippen LogP contribution < -0.4 is 0 Å². The van der Waals surface area contributed by atoms with Gasteiger partial charge in [-0.1, -0.05) is 12.2 Å². The number of ether oxygens (including phenoxy) is 1. The first-order valence-electron chi connectivity index (χ1n) is 4.50. The third-order valence-electron chi connectivity index (χ3n) is 2.59. The molecule has 0 spiro atoms. The van der Waals surface area contributed by atoms with Gasteiger partial charge in [0.15, 0.2) is 0 Å². The van der Waals surface area contributed by atoms with Crippen molar-refractivity contribution in [1.29, 1.82) is 0 Å². The zero-order valence-electron chi connectivity index (χ0n) is 7.32. The second-order valence-corrected chi connectivity index (χ2v) is 3.34. The number of hydrogen-bond acceptors (Lipinski definition) is 3. The molecule has 0 radical (unpaired) electrons. The minimum Gasteiger partial charge on any atom is -0.462 e. The van der Waals surface area contributed by atoms with Crippen molar-refractivity contribution in [2.45, 2.75) is 12.8 Å². The fourth-order valence-electron chi connectivity index (χ4n) is 1.87. The normalized spacial score (nSPS) is 27.2. The molecule has 0 amide bonds. The van der Waals surface area contributed by atoms with Crippen LogP contribution in [0, 0.1) is 5.92 Å². The van der Waals surface area contributed by atoms with E-state index in [2.05, 4.69) is 0 Å². The molecule has 3 nitrogen and oxygen atoms in total. The minimum absolute atomic E-state index is 0.121. The maximum Gasteiger partial charge on any atom is 0.338 e. The Kier molecular flexibility index (Phi) is 2.19. The predicted octanol–water partition coefficient (Wildman–Crippen LogP) is 0.798. The smallest absolute Gasteiger partial charge is 0.338 e. The molecule has 2 rings (SSSR count). The lowest BCUT2D eigenvalue weighted by molar-refractivity contribution is -0.139. The molecule has 13 heavy (non-hydrogen) atoms. The van der Waals surface area contributed by atoms with Crippen molar-refractivity contribution in [2.24, 2.45) is 5.92 Å². The van der Waals surface area contributed by atoms with Crippen molar-refractivity contribution >= 4 is 5.97 Å². The van der Waals surface area contributed by atoms with Crippen molar-refractivity contribution in [3.8, 4) is 0 Å². The van der Waals surface area contributed by atoms with Gasteiger partial charge in [-0.2, -0.15) is 0 Å². The maximum atomic E-state index is 11.3. The Hall–Kier alpha value is -1.09. The molecule has 1 N–H and O–H groups in total. The van der Waals surface area contributed by atoms with Crippen LogP contribution in [0.4, 0.5) is 0 Å². The van der Waals surface area contributed by atoms with E-state index in [0.717, 1.165) is 18.4 Å². The van der Waals surface area contributed by atoms with Crippen LogP contribution in [0.3, 0.4) is 0 Å². The zero-order chi connectivity index (χ0) is 9.26. The Morgan fingerprint density at radius 3 is 3.23 bits per heavy atom. The molecule has 1 aliphatic carbocycles. The second-order valence-electron chi connectivity index (χ2n) is 3.34. The van der Waals surface area contributed by atoms with Gasteiger partial charge in [-0.25, -0.2) is 4.79 Å². The highest BCUT2D eigenvalue weighted by molar-refractivity contribution is 5.93. The minimum atomic E-state index is -0.240. The van der Waals surface area contributed by atoms with E-state index in [1.54, 1.807) is 0 Å². The number of rotatable bonds is 1. The van der Waals surface area contributed by atoms with E-state index in [1.807, 2.05) is 12.2 Å². The number of carbonyl (C=O) groups is 1. The van der Waals surface area contributed by atoms with E-state index in [9.17, 15) is 4.79 Å². The molecule has 0 saturated heterocycles. The molecule has 1 aliphatic heterocycles. The van der Waals surface area contributed by atoms with Gasteiger partial charge in [0.25, 0.3) is 0 Å². The first kappa shape index (κ1) is 8.51. The summed E-state index contributed by atoms with van der Waals surface area (Å²) in [4.78, 5) is 11.3. The average molecular weight is 180 g/mol. The molecule has 1 atom stereocenters. The van der Waals surface area contributed by atoms with Crippen LogP contribution in [0.1, 0.15) is 12.8 Å². The molecule has 0 aromatic carbocycles. The number of allylic oxidation sites excluding steroid dienone is 1. The van der Waals surface area contributed by atoms with E-state index in [1.165, 1.54) is 0 Å². The standard InChI is InChI=1S/C10H12O3/c11-6-7-2-1-3-9-8(7)4-5-13-10(9)12/h1,3,7,11H,2,4-6H2. The Balaban J connectivity index is 2.35. The summed E-state index contributed by atoms with van der Waals surface area (Å²) >= 11 is 0. The van der Waals surface area contributed by atoms with Crippen LogP contribution in [0.2, 0.25) is 0 Å². The highest BCUT2D eigenvalue weighted by Crippen LogP contribution is 2.30. The molecule has 2 aliphatic rings. The van der Waals surface area contributed by atoms with Gasteiger partial charge in [0.2, 0.25) is 0 Å². The third-order valence-corrected chi connectivity index (χ3v) is 2.59. The first-order valence-corrected chi connectivity index (χ1v) is 4.50. The molecular weight excluding hydrogens is 168 g/mol. The fraction of sp³-hybridized carbons (Fsp3) is 0.500. The van der Waals surface area contributed by atoms with Crippen molar-refractivity contribution in [3.05, 3.63) is 23.3 Å². The number of esters is 1. The van der Waals surface area contributed by atoms with E-state index < -0.39 is 0 Å². The monoisotopic (exact) mass is 180 g/mol. The van der Waals surface area contributed by atoms with Gasteiger partial charge in [-0.15, -0.1) is 0 Å². The summed E-state index contributed by atoms with van der Waals surface area (Å²) in [5.41, 5.74) is 1.73.